The molecule has 1 saturated heterocycles. The molecule has 1 aliphatic heterocycles. The number of halogens is 1. The van der Waals surface area contributed by atoms with Crippen LogP contribution in [0.1, 0.15) is 11.4 Å². The van der Waals surface area contributed by atoms with Crippen LogP contribution in [0.25, 0.3) is 10.2 Å². The number of anilines is 1. The minimum Gasteiger partial charge on any atom is -0.458 e. The van der Waals surface area contributed by atoms with Crippen LogP contribution in [0.3, 0.4) is 0 Å². The number of carbonyl (C=O) groups excluding carboxylic acids is 2. The molecular formula is C19H15ClN2O3S. The first-order chi connectivity index (χ1) is 12.6. The van der Waals surface area contributed by atoms with Crippen molar-refractivity contribution in [1.82, 2.24) is 4.98 Å². The standard InChI is InChI=1S/C19H15ClN2O3S/c20-13-5-1-3-7-15(13)22-10-12(9-18(22)23)19(24)25-11-17-21-14-6-2-4-8-16(14)26-17/h1-8,12H,9-11H2/t12-/m0/s1. The van der Waals surface area contributed by atoms with Gasteiger partial charge in [0.15, 0.2) is 0 Å². The first-order valence-corrected chi connectivity index (χ1v) is 9.37. The molecule has 1 amide bonds. The van der Waals surface area contributed by atoms with Gasteiger partial charge in [0, 0.05) is 13.0 Å². The molecule has 0 bridgehead atoms. The third-order valence-electron chi connectivity index (χ3n) is 4.28. The summed E-state index contributed by atoms with van der Waals surface area (Å²) in [7, 11) is 0. The van der Waals surface area contributed by atoms with Crippen LogP contribution < -0.4 is 4.90 Å². The zero-order valence-corrected chi connectivity index (χ0v) is 15.3. The first-order valence-electron chi connectivity index (χ1n) is 8.18. The number of para-hydroxylation sites is 2. The number of rotatable bonds is 4. The summed E-state index contributed by atoms with van der Waals surface area (Å²) in [5.41, 5.74) is 1.52. The number of aromatic nitrogens is 1. The average molecular weight is 387 g/mol. The van der Waals surface area contributed by atoms with Crippen molar-refractivity contribution in [3.05, 3.63) is 58.6 Å². The zero-order valence-electron chi connectivity index (χ0n) is 13.7. The molecule has 0 N–H and O–H groups in total. The van der Waals surface area contributed by atoms with E-state index in [9.17, 15) is 9.59 Å². The Labute approximate surface area is 159 Å². The number of ether oxygens (including phenoxy) is 1. The lowest BCUT2D eigenvalue weighted by Gasteiger charge is -2.17. The van der Waals surface area contributed by atoms with E-state index in [0.29, 0.717) is 10.7 Å². The fraction of sp³-hybridized carbons (Fsp3) is 0.211. The van der Waals surface area contributed by atoms with Gasteiger partial charge < -0.3 is 9.64 Å². The molecule has 1 fully saturated rings. The van der Waals surface area contributed by atoms with E-state index < -0.39 is 5.92 Å². The van der Waals surface area contributed by atoms with E-state index in [1.165, 1.54) is 11.3 Å². The van der Waals surface area contributed by atoms with Crippen molar-refractivity contribution in [2.24, 2.45) is 5.92 Å². The molecule has 0 spiro atoms. The molecule has 4 rings (SSSR count). The maximum absolute atomic E-state index is 12.4. The molecule has 0 aliphatic carbocycles. The number of esters is 1. The van der Waals surface area contributed by atoms with Crippen molar-refractivity contribution in [2.75, 3.05) is 11.4 Å². The van der Waals surface area contributed by atoms with E-state index in [4.69, 9.17) is 16.3 Å². The first kappa shape index (κ1) is 17.0. The quantitative estimate of drug-likeness (QED) is 0.635. The molecule has 0 radical (unpaired) electrons. The SMILES string of the molecule is O=C(OCc1nc2ccccc2s1)[C@H]1CC(=O)N(c2ccccc2Cl)C1. The van der Waals surface area contributed by atoms with Gasteiger partial charge in [-0.25, -0.2) is 4.98 Å². The molecule has 0 saturated carbocycles. The Morgan fingerprint density at radius 2 is 2.00 bits per heavy atom. The molecule has 2 aromatic carbocycles. The third-order valence-corrected chi connectivity index (χ3v) is 5.61. The van der Waals surface area contributed by atoms with Gasteiger partial charge in [-0.1, -0.05) is 35.9 Å². The van der Waals surface area contributed by atoms with E-state index >= 15 is 0 Å². The molecule has 5 nitrogen and oxygen atoms in total. The van der Waals surface area contributed by atoms with Gasteiger partial charge in [0.05, 0.1) is 26.8 Å². The van der Waals surface area contributed by atoms with Crippen LogP contribution in [0.5, 0.6) is 0 Å². The Kier molecular flexibility index (Phi) is 4.61. The number of amides is 1. The van der Waals surface area contributed by atoms with Gasteiger partial charge >= 0.3 is 5.97 Å². The number of hydrogen-bond donors (Lipinski definition) is 0. The normalized spacial score (nSPS) is 17.0. The van der Waals surface area contributed by atoms with E-state index in [2.05, 4.69) is 4.98 Å². The number of fused-ring (bicyclic) bond motifs is 1. The second kappa shape index (κ2) is 7.05. The van der Waals surface area contributed by atoms with Crippen LogP contribution in [-0.4, -0.2) is 23.4 Å². The molecule has 0 unspecified atom stereocenters. The zero-order chi connectivity index (χ0) is 18.1. The molecule has 26 heavy (non-hydrogen) atoms. The lowest BCUT2D eigenvalue weighted by atomic mass is 10.1. The molecular weight excluding hydrogens is 372 g/mol. The monoisotopic (exact) mass is 386 g/mol. The minimum absolute atomic E-state index is 0.120. The number of hydrogen-bond acceptors (Lipinski definition) is 5. The fourth-order valence-electron chi connectivity index (χ4n) is 3.00. The van der Waals surface area contributed by atoms with Crippen molar-refractivity contribution in [2.45, 2.75) is 13.0 Å². The Balaban J connectivity index is 1.41. The lowest BCUT2D eigenvalue weighted by Crippen LogP contribution is -2.26. The van der Waals surface area contributed by atoms with E-state index in [1.807, 2.05) is 30.3 Å². The van der Waals surface area contributed by atoms with Gasteiger partial charge in [-0.05, 0) is 24.3 Å². The van der Waals surface area contributed by atoms with Gasteiger partial charge in [-0.3, -0.25) is 9.59 Å². The maximum Gasteiger partial charge on any atom is 0.311 e. The van der Waals surface area contributed by atoms with Crippen LogP contribution in [0.2, 0.25) is 5.02 Å². The summed E-state index contributed by atoms with van der Waals surface area (Å²) >= 11 is 7.66. The maximum atomic E-state index is 12.4. The average Bonchev–Trinajstić information content (AvgIpc) is 3.23. The highest BCUT2D eigenvalue weighted by Crippen LogP contribution is 2.31. The summed E-state index contributed by atoms with van der Waals surface area (Å²) in [6, 6.07) is 14.9. The summed E-state index contributed by atoms with van der Waals surface area (Å²) in [6.45, 7) is 0.399. The number of thiazole rings is 1. The second-order valence-electron chi connectivity index (χ2n) is 6.04. The van der Waals surface area contributed by atoms with Gasteiger partial charge in [0.25, 0.3) is 0 Å². The second-order valence-corrected chi connectivity index (χ2v) is 7.56. The van der Waals surface area contributed by atoms with Crippen molar-refractivity contribution in [3.8, 4) is 0 Å². The van der Waals surface area contributed by atoms with Crippen LogP contribution in [-0.2, 0) is 20.9 Å². The minimum atomic E-state index is -0.492. The Morgan fingerprint density at radius 3 is 2.81 bits per heavy atom. The van der Waals surface area contributed by atoms with Crippen molar-refractivity contribution in [3.63, 3.8) is 0 Å². The largest absolute Gasteiger partial charge is 0.458 e. The van der Waals surface area contributed by atoms with Gasteiger partial charge in [-0.15, -0.1) is 11.3 Å². The van der Waals surface area contributed by atoms with Gasteiger partial charge in [-0.2, -0.15) is 0 Å². The van der Waals surface area contributed by atoms with E-state index in [1.54, 1.807) is 23.1 Å². The topological polar surface area (TPSA) is 59.5 Å². The summed E-state index contributed by atoms with van der Waals surface area (Å²) in [6.07, 6.45) is 0.129. The van der Waals surface area contributed by atoms with E-state index in [-0.39, 0.29) is 31.4 Å². The molecule has 1 atom stereocenters. The fourth-order valence-corrected chi connectivity index (χ4v) is 4.12. The van der Waals surface area contributed by atoms with Crippen molar-refractivity contribution >= 4 is 50.7 Å². The highest BCUT2D eigenvalue weighted by atomic mass is 35.5. The summed E-state index contributed by atoms with van der Waals surface area (Å²) < 4.78 is 6.46. The third kappa shape index (κ3) is 3.30. The lowest BCUT2D eigenvalue weighted by molar-refractivity contribution is -0.149. The van der Waals surface area contributed by atoms with Crippen LogP contribution in [0.4, 0.5) is 5.69 Å². The van der Waals surface area contributed by atoms with Crippen LogP contribution in [0, 0.1) is 5.92 Å². The van der Waals surface area contributed by atoms with Crippen molar-refractivity contribution in [1.29, 1.82) is 0 Å². The predicted octanol–water partition coefficient (Wildman–Crippen LogP) is 4.05. The summed E-state index contributed by atoms with van der Waals surface area (Å²) in [4.78, 5) is 30.7. The molecule has 1 aromatic heterocycles. The number of carbonyl (C=O) groups is 2. The van der Waals surface area contributed by atoms with Crippen LogP contribution >= 0.6 is 22.9 Å². The van der Waals surface area contributed by atoms with Gasteiger partial charge in [0.1, 0.15) is 11.6 Å². The highest BCUT2D eigenvalue weighted by Gasteiger charge is 2.36. The van der Waals surface area contributed by atoms with Crippen LogP contribution in [0.15, 0.2) is 48.5 Å². The molecule has 132 valence electrons. The van der Waals surface area contributed by atoms with E-state index in [0.717, 1.165) is 15.2 Å². The smallest absolute Gasteiger partial charge is 0.311 e. The Hall–Kier alpha value is -2.44. The number of benzene rings is 2. The molecule has 1 aliphatic rings. The predicted molar refractivity (Wildman–Crippen MR) is 101 cm³/mol. The molecule has 7 heteroatoms. The Bertz CT molecular complexity index is 955. The molecule has 3 aromatic rings. The number of nitrogens with zero attached hydrogens (tertiary/aromatic N) is 2. The summed E-state index contributed by atoms with van der Waals surface area (Å²) in [5.74, 6) is -1.000. The van der Waals surface area contributed by atoms with Gasteiger partial charge in [0.2, 0.25) is 5.91 Å². The van der Waals surface area contributed by atoms with Crippen molar-refractivity contribution < 1.29 is 14.3 Å². The summed E-state index contributed by atoms with van der Waals surface area (Å²) in [5, 5.41) is 1.23. The Morgan fingerprint density at radius 1 is 1.23 bits per heavy atom. The highest BCUT2D eigenvalue weighted by molar-refractivity contribution is 7.18. The molecule has 2 heterocycles.